The maximum absolute atomic E-state index is 5.75. The van der Waals surface area contributed by atoms with Crippen molar-refractivity contribution in [3.05, 3.63) is 28.8 Å². The van der Waals surface area contributed by atoms with Crippen LogP contribution in [0.1, 0.15) is 23.1 Å². The fourth-order valence-electron chi connectivity index (χ4n) is 1.76. The van der Waals surface area contributed by atoms with Gasteiger partial charge in [-0.05, 0) is 30.5 Å². The molecular formula is C13H21NO2. The van der Waals surface area contributed by atoms with E-state index in [9.17, 15) is 0 Å². The van der Waals surface area contributed by atoms with Crippen molar-refractivity contribution < 1.29 is 9.47 Å². The lowest BCUT2D eigenvalue weighted by Crippen LogP contribution is -2.05. The quantitative estimate of drug-likeness (QED) is 0.752. The van der Waals surface area contributed by atoms with Crippen LogP contribution in [0.2, 0.25) is 0 Å². The molecule has 0 saturated heterocycles. The molecule has 0 bridgehead atoms. The zero-order valence-corrected chi connectivity index (χ0v) is 10.4. The highest BCUT2D eigenvalue weighted by molar-refractivity contribution is 5.43. The summed E-state index contributed by atoms with van der Waals surface area (Å²) >= 11 is 0. The summed E-state index contributed by atoms with van der Waals surface area (Å²) in [6.45, 7) is 6.11. The number of nitrogens with two attached hydrogens (primary N) is 1. The summed E-state index contributed by atoms with van der Waals surface area (Å²) in [6.07, 6.45) is 0.911. The zero-order chi connectivity index (χ0) is 12.0. The minimum atomic E-state index is 0.575. The molecule has 0 aliphatic heterocycles. The molecule has 1 rings (SSSR count). The average molecular weight is 223 g/mol. The maximum atomic E-state index is 5.75. The third kappa shape index (κ3) is 3.51. The summed E-state index contributed by atoms with van der Waals surface area (Å²) in [5.41, 5.74) is 9.07. The molecule has 3 heteroatoms. The Morgan fingerprint density at radius 1 is 1.12 bits per heavy atom. The third-order valence-corrected chi connectivity index (χ3v) is 2.50. The van der Waals surface area contributed by atoms with E-state index in [2.05, 4.69) is 26.0 Å². The van der Waals surface area contributed by atoms with Crippen LogP contribution in [0, 0.1) is 13.8 Å². The van der Waals surface area contributed by atoms with Crippen LogP contribution in [0.15, 0.2) is 12.1 Å². The second-order valence-electron chi connectivity index (χ2n) is 3.96. The Morgan fingerprint density at radius 3 is 2.25 bits per heavy atom. The van der Waals surface area contributed by atoms with E-state index in [1.165, 1.54) is 0 Å². The van der Waals surface area contributed by atoms with Gasteiger partial charge in [-0.25, -0.2) is 0 Å². The zero-order valence-electron chi connectivity index (χ0n) is 10.4. The highest BCUT2D eigenvalue weighted by Crippen LogP contribution is 2.24. The van der Waals surface area contributed by atoms with Crippen LogP contribution >= 0.6 is 0 Å². The van der Waals surface area contributed by atoms with Crippen molar-refractivity contribution in [3.8, 4) is 5.75 Å². The van der Waals surface area contributed by atoms with Crippen LogP contribution in [-0.2, 0) is 11.3 Å². The van der Waals surface area contributed by atoms with E-state index in [-0.39, 0.29) is 0 Å². The van der Waals surface area contributed by atoms with Crippen molar-refractivity contribution in [1.29, 1.82) is 0 Å². The monoisotopic (exact) mass is 223 g/mol. The van der Waals surface area contributed by atoms with Gasteiger partial charge in [-0.15, -0.1) is 0 Å². The van der Waals surface area contributed by atoms with Crippen molar-refractivity contribution in [2.75, 3.05) is 20.3 Å². The summed E-state index contributed by atoms with van der Waals surface area (Å²) in [5.74, 6) is 0.980. The van der Waals surface area contributed by atoms with Crippen LogP contribution in [0.3, 0.4) is 0 Å². The fraction of sp³-hybridized carbons (Fsp3) is 0.538. The van der Waals surface area contributed by atoms with Crippen molar-refractivity contribution >= 4 is 0 Å². The predicted octanol–water partition coefficient (Wildman–Crippen LogP) is 2.18. The molecule has 0 radical (unpaired) electrons. The van der Waals surface area contributed by atoms with Gasteiger partial charge in [0, 0.05) is 26.7 Å². The van der Waals surface area contributed by atoms with Gasteiger partial charge in [0.15, 0.2) is 0 Å². The molecule has 0 heterocycles. The lowest BCUT2D eigenvalue weighted by atomic mass is 10.1. The number of methoxy groups -OCH3 is 1. The number of ether oxygens (including phenoxy) is 2. The highest BCUT2D eigenvalue weighted by atomic mass is 16.5. The molecule has 0 amide bonds. The van der Waals surface area contributed by atoms with Crippen molar-refractivity contribution in [2.24, 2.45) is 5.73 Å². The van der Waals surface area contributed by atoms with Gasteiger partial charge < -0.3 is 15.2 Å². The Kier molecular flexibility index (Phi) is 5.29. The summed E-state index contributed by atoms with van der Waals surface area (Å²) in [6, 6.07) is 4.16. The standard InChI is InChI=1S/C13H21NO2/c1-10-7-12(9-14)8-11(2)13(10)16-6-4-5-15-3/h7-8H,4-6,9,14H2,1-3H3. The molecule has 1 aromatic rings. The topological polar surface area (TPSA) is 44.5 Å². The van der Waals surface area contributed by atoms with Gasteiger partial charge in [0.1, 0.15) is 5.75 Å². The largest absolute Gasteiger partial charge is 0.493 e. The first-order valence-electron chi connectivity index (χ1n) is 5.61. The lowest BCUT2D eigenvalue weighted by molar-refractivity contribution is 0.171. The lowest BCUT2D eigenvalue weighted by Gasteiger charge is -2.13. The predicted molar refractivity (Wildman–Crippen MR) is 65.8 cm³/mol. The van der Waals surface area contributed by atoms with Gasteiger partial charge in [0.25, 0.3) is 0 Å². The number of benzene rings is 1. The van der Waals surface area contributed by atoms with Gasteiger partial charge in [-0.3, -0.25) is 0 Å². The molecule has 0 aliphatic carbocycles. The second-order valence-corrected chi connectivity index (χ2v) is 3.96. The Bertz CT molecular complexity index is 314. The van der Waals surface area contributed by atoms with Gasteiger partial charge in [-0.2, -0.15) is 0 Å². The Labute approximate surface area is 97.6 Å². The van der Waals surface area contributed by atoms with Gasteiger partial charge in [-0.1, -0.05) is 12.1 Å². The maximum Gasteiger partial charge on any atom is 0.125 e. The molecule has 1 aromatic carbocycles. The molecule has 0 fully saturated rings. The van der Waals surface area contributed by atoms with Crippen molar-refractivity contribution in [1.82, 2.24) is 0 Å². The number of hydrogen-bond acceptors (Lipinski definition) is 3. The molecule has 0 atom stereocenters. The van der Waals surface area contributed by atoms with Gasteiger partial charge >= 0.3 is 0 Å². The van der Waals surface area contributed by atoms with E-state index in [0.717, 1.165) is 35.5 Å². The summed E-state index contributed by atoms with van der Waals surface area (Å²) < 4.78 is 10.7. The van der Waals surface area contributed by atoms with Crippen LogP contribution in [0.25, 0.3) is 0 Å². The Balaban J connectivity index is 2.65. The number of rotatable bonds is 6. The molecule has 0 unspecified atom stereocenters. The molecule has 2 N–H and O–H groups in total. The average Bonchev–Trinajstić information content (AvgIpc) is 2.26. The second kappa shape index (κ2) is 6.51. The van der Waals surface area contributed by atoms with Crippen LogP contribution in [0.5, 0.6) is 5.75 Å². The van der Waals surface area contributed by atoms with Crippen LogP contribution in [-0.4, -0.2) is 20.3 Å². The first-order chi connectivity index (χ1) is 7.69. The van der Waals surface area contributed by atoms with E-state index in [4.69, 9.17) is 15.2 Å². The molecule has 16 heavy (non-hydrogen) atoms. The summed E-state index contributed by atoms with van der Waals surface area (Å²) in [5, 5.41) is 0. The summed E-state index contributed by atoms with van der Waals surface area (Å²) in [4.78, 5) is 0. The molecule has 0 aromatic heterocycles. The van der Waals surface area contributed by atoms with E-state index in [0.29, 0.717) is 13.2 Å². The molecule has 0 spiro atoms. The van der Waals surface area contributed by atoms with Gasteiger partial charge in [0.05, 0.1) is 6.61 Å². The number of hydrogen-bond donors (Lipinski definition) is 1. The highest BCUT2D eigenvalue weighted by Gasteiger charge is 2.05. The molecule has 90 valence electrons. The Morgan fingerprint density at radius 2 is 1.75 bits per heavy atom. The minimum absolute atomic E-state index is 0.575. The van der Waals surface area contributed by atoms with Crippen LogP contribution in [0.4, 0.5) is 0 Å². The van der Waals surface area contributed by atoms with Gasteiger partial charge in [0.2, 0.25) is 0 Å². The van der Waals surface area contributed by atoms with Crippen LogP contribution < -0.4 is 10.5 Å². The van der Waals surface area contributed by atoms with E-state index in [1.54, 1.807) is 7.11 Å². The van der Waals surface area contributed by atoms with Crippen molar-refractivity contribution in [3.63, 3.8) is 0 Å². The van der Waals surface area contributed by atoms with Crippen molar-refractivity contribution in [2.45, 2.75) is 26.8 Å². The van der Waals surface area contributed by atoms with E-state index >= 15 is 0 Å². The minimum Gasteiger partial charge on any atom is -0.493 e. The Hall–Kier alpha value is -1.06. The summed E-state index contributed by atoms with van der Waals surface area (Å²) in [7, 11) is 1.70. The van der Waals surface area contributed by atoms with E-state index < -0.39 is 0 Å². The fourth-order valence-corrected chi connectivity index (χ4v) is 1.76. The smallest absolute Gasteiger partial charge is 0.125 e. The first kappa shape index (κ1) is 13.0. The normalized spacial score (nSPS) is 10.5. The third-order valence-electron chi connectivity index (χ3n) is 2.50. The molecule has 0 aliphatic rings. The number of aryl methyl sites for hydroxylation is 2. The molecule has 3 nitrogen and oxygen atoms in total. The van der Waals surface area contributed by atoms with E-state index in [1.807, 2.05) is 0 Å². The molecule has 0 saturated carbocycles. The first-order valence-corrected chi connectivity index (χ1v) is 5.61. The molecular weight excluding hydrogens is 202 g/mol. The SMILES string of the molecule is COCCCOc1c(C)cc(CN)cc1C.